The van der Waals surface area contributed by atoms with E-state index in [1.165, 1.54) is 0 Å². The van der Waals surface area contributed by atoms with Gasteiger partial charge in [-0.25, -0.2) is 9.18 Å². The molecule has 0 bridgehead atoms. The van der Waals surface area contributed by atoms with Crippen molar-refractivity contribution in [3.8, 4) is 0 Å². The second-order valence-electron chi connectivity index (χ2n) is 9.52. The van der Waals surface area contributed by atoms with Gasteiger partial charge in [0.15, 0.2) is 0 Å². The number of alkyl halides is 4. The molecule has 7 heteroatoms. The van der Waals surface area contributed by atoms with Crippen LogP contribution in [-0.2, 0) is 14.3 Å². The highest BCUT2D eigenvalue weighted by Crippen LogP contribution is 2.67. The maximum absolute atomic E-state index is 16.2. The first-order valence-corrected chi connectivity index (χ1v) is 10.1. The van der Waals surface area contributed by atoms with Crippen LogP contribution >= 0.6 is 0 Å². The first kappa shape index (κ1) is 19.9. The number of Topliss-reactive ketones (excluding diaryl/α,β-unsaturated/α-hetero) is 1. The van der Waals surface area contributed by atoms with Crippen molar-refractivity contribution in [2.75, 3.05) is 0 Å². The average molecular weight is 402 g/mol. The minimum Gasteiger partial charge on any atom is -0.455 e. The van der Waals surface area contributed by atoms with Gasteiger partial charge in [-0.3, -0.25) is 4.79 Å². The molecule has 0 N–H and O–H groups in total. The molecule has 0 aliphatic heterocycles. The van der Waals surface area contributed by atoms with Crippen LogP contribution < -0.4 is 0 Å². The summed E-state index contributed by atoms with van der Waals surface area (Å²) in [5.74, 6) is -2.29. The fourth-order valence-electron chi connectivity index (χ4n) is 6.63. The molecular weight excluding hydrogens is 376 g/mol. The largest absolute Gasteiger partial charge is 0.490 e. The molecule has 0 aromatic carbocycles. The van der Waals surface area contributed by atoms with Gasteiger partial charge in [-0.05, 0) is 56.8 Å². The smallest absolute Gasteiger partial charge is 0.455 e. The van der Waals surface area contributed by atoms with Crippen LogP contribution in [0.1, 0.15) is 65.2 Å². The monoisotopic (exact) mass is 402 g/mol. The van der Waals surface area contributed by atoms with Crippen LogP contribution in [0.15, 0.2) is 11.6 Å². The second kappa shape index (κ2) is 6.05. The molecule has 1 unspecified atom stereocenters. The third kappa shape index (κ3) is 2.60. The van der Waals surface area contributed by atoms with Crippen LogP contribution in [0.3, 0.4) is 0 Å². The van der Waals surface area contributed by atoms with Crippen LogP contribution in [0, 0.1) is 22.7 Å². The number of carbonyl (C=O) groups is 2. The van der Waals surface area contributed by atoms with E-state index in [4.69, 9.17) is 0 Å². The van der Waals surface area contributed by atoms with E-state index in [1.54, 1.807) is 6.92 Å². The van der Waals surface area contributed by atoms with Gasteiger partial charge in [-0.15, -0.1) is 0 Å². The first-order valence-electron chi connectivity index (χ1n) is 10.1. The zero-order chi connectivity index (χ0) is 20.5. The highest BCUT2D eigenvalue weighted by molar-refractivity contribution is 5.88. The summed E-state index contributed by atoms with van der Waals surface area (Å²) in [5, 5.41) is 0. The Labute approximate surface area is 161 Å². The Morgan fingerprint density at radius 2 is 1.86 bits per heavy atom. The average Bonchev–Trinajstić information content (AvgIpc) is 2.85. The van der Waals surface area contributed by atoms with E-state index in [-0.39, 0.29) is 35.9 Å². The molecule has 0 saturated heterocycles. The quantitative estimate of drug-likeness (QED) is 0.349. The van der Waals surface area contributed by atoms with Gasteiger partial charge < -0.3 is 4.74 Å². The lowest BCUT2D eigenvalue weighted by molar-refractivity contribution is -0.206. The number of fused-ring (bicyclic) bond motifs is 5. The first-order chi connectivity index (χ1) is 12.9. The predicted molar refractivity (Wildman–Crippen MR) is 93.0 cm³/mol. The molecule has 4 aliphatic carbocycles. The summed E-state index contributed by atoms with van der Waals surface area (Å²) in [6.45, 7) is 3.84. The zero-order valence-electron chi connectivity index (χ0n) is 16.2. The third-order valence-corrected chi connectivity index (χ3v) is 8.39. The summed E-state index contributed by atoms with van der Waals surface area (Å²) >= 11 is 0. The normalized spacial score (nSPS) is 45.6. The van der Waals surface area contributed by atoms with E-state index >= 15 is 4.39 Å². The summed E-state index contributed by atoms with van der Waals surface area (Å²) in [6.07, 6.45) is -0.310. The molecule has 0 aromatic rings. The van der Waals surface area contributed by atoms with Crippen LogP contribution in [0.4, 0.5) is 17.6 Å². The minimum atomic E-state index is -4.99. The van der Waals surface area contributed by atoms with Crippen molar-refractivity contribution in [2.45, 2.75) is 83.2 Å². The summed E-state index contributed by atoms with van der Waals surface area (Å²) in [7, 11) is 0. The van der Waals surface area contributed by atoms with Crippen molar-refractivity contribution in [1.29, 1.82) is 0 Å². The lowest BCUT2D eigenvalue weighted by Gasteiger charge is -2.58. The number of halogens is 4. The van der Waals surface area contributed by atoms with E-state index in [1.807, 2.05) is 6.08 Å². The van der Waals surface area contributed by atoms with Gasteiger partial charge in [0, 0.05) is 18.8 Å². The highest BCUT2D eigenvalue weighted by atomic mass is 19.4. The lowest BCUT2D eigenvalue weighted by Crippen LogP contribution is -2.58. The van der Waals surface area contributed by atoms with Gasteiger partial charge in [-0.1, -0.05) is 18.6 Å². The molecule has 156 valence electrons. The van der Waals surface area contributed by atoms with Gasteiger partial charge in [0.25, 0.3) is 0 Å². The Morgan fingerprint density at radius 3 is 2.54 bits per heavy atom. The predicted octanol–water partition coefficient (Wildman–Crippen LogP) is 5.08. The Hall–Kier alpha value is -1.40. The van der Waals surface area contributed by atoms with E-state index < -0.39 is 29.3 Å². The maximum Gasteiger partial charge on any atom is 0.490 e. The summed E-state index contributed by atoms with van der Waals surface area (Å²) < 4.78 is 58.4. The number of ketones is 1. The van der Waals surface area contributed by atoms with Crippen molar-refractivity contribution in [3.63, 3.8) is 0 Å². The van der Waals surface area contributed by atoms with Gasteiger partial charge in [0.1, 0.15) is 17.6 Å². The van der Waals surface area contributed by atoms with Crippen molar-refractivity contribution in [1.82, 2.24) is 0 Å². The van der Waals surface area contributed by atoms with Crippen molar-refractivity contribution in [2.24, 2.45) is 22.7 Å². The molecule has 0 amide bonds. The summed E-state index contributed by atoms with van der Waals surface area (Å²) in [4.78, 5) is 23.6. The minimum absolute atomic E-state index is 0.0242. The van der Waals surface area contributed by atoms with E-state index in [0.29, 0.717) is 32.1 Å². The molecule has 0 aromatic heterocycles. The Kier molecular flexibility index (Phi) is 4.30. The van der Waals surface area contributed by atoms with Crippen molar-refractivity contribution in [3.05, 3.63) is 11.6 Å². The van der Waals surface area contributed by atoms with Crippen LogP contribution in [0.25, 0.3) is 0 Å². The Balaban J connectivity index is 1.57. The fourth-order valence-corrected chi connectivity index (χ4v) is 6.63. The second-order valence-corrected chi connectivity index (χ2v) is 9.52. The number of ether oxygens (including phenoxy) is 1. The molecule has 28 heavy (non-hydrogen) atoms. The SMILES string of the molecule is C[C@]12CCC(OC(=O)C(F)(F)F)CC1=CC[C@@H]1[C@H]2CC[C@]2(C)C(=O)CC[C@@]12F. The summed E-state index contributed by atoms with van der Waals surface area (Å²) in [5.41, 5.74) is -1.74. The number of hydrogen-bond donors (Lipinski definition) is 0. The van der Waals surface area contributed by atoms with Gasteiger partial charge in [-0.2, -0.15) is 13.2 Å². The Morgan fingerprint density at radius 1 is 1.14 bits per heavy atom. The molecule has 4 rings (SSSR count). The van der Waals surface area contributed by atoms with Crippen LogP contribution in [-0.4, -0.2) is 29.7 Å². The van der Waals surface area contributed by atoms with Crippen LogP contribution in [0.2, 0.25) is 0 Å². The molecule has 0 radical (unpaired) electrons. The van der Waals surface area contributed by atoms with Crippen molar-refractivity contribution >= 4 is 11.8 Å². The number of allylic oxidation sites excluding steroid dienone is 1. The maximum atomic E-state index is 16.2. The lowest BCUT2D eigenvalue weighted by atomic mass is 9.47. The molecule has 3 saturated carbocycles. The number of esters is 1. The van der Waals surface area contributed by atoms with Crippen molar-refractivity contribution < 1.29 is 31.9 Å². The molecule has 3 nitrogen and oxygen atoms in total. The number of rotatable bonds is 1. The zero-order valence-corrected chi connectivity index (χ0v) is 16.2. The standard InChI is InChI=1S/C21H26F4O3/c1-18-8-5-13(28-17(27)21(23,24)25)11-12(18)3-4-15-14(18)6-9-19(2)16(26)7-10-20(15,19)22/h3,13-15H,4-11H2,1-2H3/t13?,14-,15-,18+,19-,20-/m1/s1. The molecule has 4 aliphatic rings. The van der Waals surface area contributed by atoms with E-state index in [9.17, 15) is 22.8 Å². The molecule has 6 atom stereocenters. The number of hydrogen-bond acceptors (Lipinski definition) is 3. The van der Waals surface area contributed by atoms with E-state index in [2.05, 4.69) is 11.7 Å². The topological polar surface area (TPSA) is 43.4 Å². The molecule has 0 spiro atoms. The van der Waals surface area contributed by atoms with Gasteiger partial charge in [0.05, 0.1) is 5.41 Å². The summed E-state index contributed by atoms with van der Waals surface area (Å²) in [6, 6.07) is 0. The fraction of sp³-hybridized carbons (Fsp3) is 0.810. The third-order valence-electron chi connectivity index (χ3n) is 8.39. The van der Waals surface area contributed by atoms with Crippen LogP contribution in [0.5, 0.6) is 0 Å². The number of carbonyl (C=O) groups excluding carboxylic acids is 2. The molecular formula is C21H26F4O3. The van der Waals surface area contributed by atoms with Gasteiger partial charge >= 0.3 is 12.1 Å². The highest BCUT2D eigenvalue weighted by Gasteiger charge is 2.67. The van der Waals surface area contributed by atoms with Gasteiger partial charge in [0.2, 0.25) is 0 Å². The molecule has 0 heterocycles. The Bertz CT molecular complexity index is 744. The molecule has 3 fully saturated rings. The van der Waals surface area contributed by atoms with E-state index in [0.717, 1.165) is 12.0 Å².